The standard InChI is InChI=1S/C13H21N/c1-10-6-5-7-11(8-10)12(9-14)13(2,3)4/h5-8,12H,9,14H2,1-4H3. The predicted molar refractivity (Wildman–Crippen MR) is 62.4 cm³/mol. The average molecular weight is 191 g/mol. The maximum Gasteiger partial charge on any atom is 0.000988 e. The van der Waals surface area contributed by atoms with E-state index in [1.54, 1.807) is 0 Å². The van der Waals surface area contributed by atoms with Gasteiger partial charge in [0, 0.05) is 5.92 Å². The Morgan fingerprint density at radius 1 is 1.29 bits per heavy atom. The van der Waals surface area contributed by atoms with Crippen LogP contribution in [0, 0.1) is 12.3 Å². The highest BCUT2D eigenvalue weighted by atomic mass is 14.6. The van der Waals surface area contributed by atoms with Crippen molar-refractivity contribution in [2.24, 2.45) is 11.1 Å². The molecule has 0 radical (unpaired) electrons. The molecule has 1 aromatic rings. The quantitative estimate of drug-likeness (QED) is 0.764. The molecule has 0 amide bonds. The van der Waals surface area contributed by atoms with Gasteiger partial charge in [-0.05, 0) is 24.4 Å². The highest BCUT2D eigenvalue weighted by Crippen LogP contribution is 2.34. The van der Waals surface area contributed by atoms with E-state index in [2.05, 4.69) is 52.0 Å². The van der Waals surface area contributed by atoms with Crippen LogP contribution in [0.3, 0.4) is 0 Å². The van der Waals surface area contributed by atoms with Crippen LogP contribution in [0.2, 0.25) is 0 Å². The molecule has 1 rings (SSSR count). The summed E-state index contributed by atoms with van der Waals surface area (Å²) < 4.78 is 0. The first-order valence-electron chi connectivity index (χ1n) is 5.22. The Morgan fingerprint density at radius 2 is 1.93 bits per heavy atom. The Labute approximate surface area is 87.3 Å². The van der Waals surface area contributed by atoms with Crippen LogP contribution in [0.15, 0.2) is 24.3 Å². The van der Waals surface area contributed by atoms with Gasteiger partial charge < -0.3 is 5.73 Å². The van der Waals surface area contributed by atoms with Crippen LogP contribution in [-0.2, 0) is 0 Å². The minimum Gasteiger partial charge on any atom is -0.330 e. The van der Waals surface area contributed by atoms with Gasteiger partial charge in [0.25, 0.3) is 0 Å². The molecule has 0 spiro atoms. The van der Waals surface area contributed by atoms with E-state index in [1.807, 2.05) is 0 Å². The minimum atomic E-state index is 0.239. The molecule has 1 nitrogen and oxygen atoms in total. The maximum atomic E-state index is 5.84. The van der Waals surface area contributed by atoms with Gasteiger partial charge in [0.1, 0.15) is 0 Å². The van der Waals surface area contributed by atoms with E-state index < -0.39 is 0 Å². The van der Waals surface area contributed by atoms with Crippen LogP contribution in [0.25, 0.3) is 0 Å². The van der Waals surface area contributed by atoms with E-state index in [1.165, 1.54) is 11.1 Å². The molecule has 0 aliphatic carbocycles. The highest BCUT2D eigenvalue weighted by molar-refractivity contribution is 5.27. The van der Waals surface area contributed by atoms with Crippen molar-refractivity contribution in [3.63, 3.8) is 0 Å². The fourth-order valence-corrected chi connectivity index (χ4v) is 1.88. The molecule has 78 valence electrons. The third-order valence-corrected chi connectivity index (χ3v) is 2.73. The molecule has 1 unspecified atom stereocenters. The summed E-state index contributed by atoms with van der Waals surface area (Å²) in [6.45, 7) is 9.57. The fourth-order valence-electron chi connectivity index (χ4n) is 1.88. The Hall–Kier alpha value is -0.820. The normalized spacial score (nSPS) is 14.1. The average Bonchev–Trinajstić information content (AvgIpc) is 2.02. The highest BCUT2D eigenvalue weighted by Gasteiger charge is 2.24. The Kier molecular flexibility index (Phi) is 3.33. The minimum absolute atomic E-state index is 0.239. The summed E-state index contributed by atoms with van der Waals surface area (Å²) in [6, 6.07) is 8.65. The molecule has 0 aliphatic heterocycles. The van der Waals surface area contributed by atoms with Gasteiger partial charge >= 0.3 is 0 Å². The maximum absolute atomic E-state index is 5.84. The summed E-state index contributed by atoms with van der Waals surface area (Å²) in [5, 5.41) is 0. The van der Waals surface area contributed by atoms with Crippen molar-refractivity contribution in [2.75, 3.05) is 6.54 Å². The number of aryl methyl sites for hydroxylation is 1. The van der Waals surface area contributed by atoms with Gasteiger partial charge in [-0.25, -0.2) is 0 Å². The van der Waals surface area contributed by atoms with E-state index in [4.69, 9.17) is 5.73 Å². The zero-order chi connectivity index (χ0) is 10.8. The second kappa shape index (κ2) is 4.14. The van der Waals surface area contributed by atoms with Crippen molar-refractivity contribution in [3.05, 3.63) is 35.4 Å². The second-order valence-electron chi connectivity index (χ2n) is 5.07. The zero-order valence-corrected chi connectivity index (χ0v) is 9.67. The smallest absolute Gasteiger partial charge is 0.000988 e. The number of hydrogen-bond acceptors (Lipinski definition) is 1. The van der Waals surface area contributed by atoms with E-state index in [9.17, 15) is 0 Å². The summed E-state index contributed by atoms with van der Waals surface area (Å²) in [7, 11) is 0. The molecule has 0 aromatic heterocycles. The van der Waals surface area contributed by atoms with Gasteiger partial charge in [-0.3, -0.25) is 0 Å². The first kappa shape index (κ1) is 11.3. The monoisotopic (exact) mass is 191 g/mol. The summed E-state index contributed by atoms with van der Waals surface area (Å²) in [5.74, 6) is 0.447. The molecule has 0 bridgehead atoms. The van der Waals surface area contributed by atoms with Gasteiger partial charge in [-0.1, -0.05) is 50.6 Å². The Morgan fingerprint density at radius 3 is 2.36 bits per heavy atom. The summed E-state index contributed by atoms with van der Waals surface area (Å²) in [4.78, 5) is 0. The Balaban J connectivity index is 3.01. The van der Waals surface area contributed by atoms with Crippen molar-refractivity contribution >= 4 is 0 Å². The third kappa shape index (κ3) is 2.58. The van der Waals surface area contributed by atoms with Crippen LogP contribution in [-0.4, -0.2) is 6.54 Å². The lowest BCUT2D eigenvalue weighted by atomic mass is 9.76. The van der Waals surface area contributed by atoms with Crippen LogP contribution in [0.4, 0.5) is 0 Å². The molecule has 1 heteroatoms. The van der Waals surface area contributed by atoms with Crippen molar-refractivity contribution in [1.29, 1.82) is 0 Å². The zero-order valence-electron chi connectivity index (χ0n) is 9.67. The SMILES string of the molecule is Cc1cccc(C(CN)C(C)(C)C)c1. The number of nitrogens with two attached hydrogens (primary N) is 1. The van der Waals surface area contributed by atoms with Gasteiger partial charge in [-0.2, -0.15) is 0 Å². The summed E-state index contributed by atoms with van der Waals surface area (Å²) in [5.41, 5.74) is 8.75. The summed E-state index contributed by atoms with van der Waals surface area (Å²) >= 11 is 0. The van der Waals surface area contributed by atoms with E-state index >= 15 is 0 Å². The first-order chi connectivity index (χ1) is 6.45. The van der Waals surface area contributed by atoms with Crippen LogP contribution in [0.1, 0.15) is 37.8 Å². The third-order valence-electron chi connectivity index (χ3n) is 2.73. The molecular weight excluding hydrogens is 170 g/mol. The molecule has 0 heterocycles. The van der Waals surface area contributed by atoms with Crippen molar-refractivity contribution in [2.45, 2.75) is 33.6 Å². The second-order valence-corrected chi connectivity index (χ2v) is 5.07. The fraction of sp³-hybridized carbons (Fsp3) is 0.538. The van der Waals surface area contributed by atoms with Crippen molar-refractivity contribution in [1.82, 2.24) is 0 Å². The topological polar surface area (TPSA) is 26.0 Å². The van der Waals surface area contributed by atoms with Crippen molar-refractivity contribution in [3.8, 4) is 0 Å². The molecule has 1 atom stereocenters. The molecule has 0 fully saturated rings. The molecular formula is C13H21N. The largest absolute Gasteiger partial charge is 0.330 e. The molecule has 0 saturated carbocycles. The van der Waals surface area contributed by atoms with Gasteiger partial charge in [0.05, 0.1) is 0 Å². The molecule has 0 aliphatic rings. The number of rotatable bonds is 2. The number of hydrogen-bond donors (Lipinski definition) is 1. The lowest BCUT2D eigenvalue weighted by Gasteiger charge is -2.30. The van der Waals surface area contributed by atoms with Gasteiger partial charge in [-0.15, -0.1) is 0 Å². The predicted octanol–water partition coefficient (Wildman–Crippen LogP) is 3.08. The Bertz CT molecular complexity index is 296. The molecule has 1 aromatic carbocycles. The van der Waals surface area contributed by atoms with Crippen LogP contribution in [0.5, 0.6) is 0 Å². The van der Waals surface area contributed by atoms with Crippen LogP contribution >= 0.6 is 0 Å². The number of benzene rings is 1. The van der Waals surface area contributed by atoms with E-state index in [0.29, 0.717) is 12.5 Å². The molecule has 2 N–H and O–H groups in total. The van der Waals surface area contributed by atoms with Gasteiger partial charge in [0.2, 0.25) is 0 Å². The lowest BCUT2D eigenvalue weighted by molar-refractivity contribution is 0.325. The molecule has 14 heavy (non-hydrogen) atoms. The van der Waals surface area contributed by atoms with Crippen LogP contribution < -0.4 is 5.73 Å². The molecule has 0 saturated heterocycles. The summed E-state index contributed by atoms with van der Waals surface area (Å²) in [6.07, 6.45) is 0. The van der Waals surface area contributed by atoms with Gasteiger partial charge in [0.15, 0.2) is 0 Å². The van der Waals surface area contributed by atoms with E-state index in [-0.39, 0.29) is 5.41 Å². The van der Waals surface area contributed by atoms with Crippen molar-refractivity contribution < 1.29 is 0 Å². The first-order valence-corrected chi connectivity index (χ1v) is 5.22. The lowest BCUT2D eigenvalue weighted by Crippen LogP contribution is -2.26. The van der Waals surface area contributed by atoms with E-state index in [0.717, 1.165) is 0 Å².